The lowest BCUT2D eigenvalue weighted by molar-refractivity contribution is -0.113. The van der Waals surface area contributed by atoms with Crippen LogP contribution in [0, 0.1) is 17.4 Å². The first kappa shape index (κ1) is 18.4. The predicted molar refractivity (Wildman–Crippen MR) is 117 cm³/mol. The van der Waals surface area contributed by atoms with Crippen LogP contribution in [0.15, 0.2) is 41.3 Å². The number of carbonyl (C=O) groups is 1. The van der Waals surface area contributed by atoms with Gasteiger partial charge in [-0.3, -0.25) is 9.69 Å². The molecule has 0 saturated carbocycles. The molecule has 0 N–H and O–H groups in total. The topological polar surface area (TPSA) is 29.5 Å². The summed E-state index contributed by atoms with van der Waals surface area (Å²) in [5.41, 5.74) is 4.00. The monoisotopic (exact) mass is 481 g/mol. The fourth-order valence-electron chi connectivity index (χ4n) is 2.66. The second kappa shape index (κ2) is 7.47. The van der Waals surface area contributed by atoms with Crippen LogP contribution in [0.2, 0.25) is 0 Å². The van der Waals surface area contributed by atoms with Gasteiger partial charge >= 0.3 is 0 Å². The number of ether oxygens (including phenoxy) is 1. The van der Waals surface area contributed by atoms with E-state index in [-0.39, 0.29) is 5.91 Å². The molecule has 0 unspecified atom stereocenters. The van der Waals surface area contributed by atoms with Crippen molar-refractivity contribution in [3.63, 3.8) is 0 Å². The number of aryl methyl sites for hydroxylation is 2. The van der Waals surface area contributed by atoms with Gasteiger partial charge in [-0.15, -0.1) is 0 Å². The molecule has 1 aliphatic heterocycles. The minimum absolute atomic E-state index is 0.0761. The Morgan fingerprint density at radius 1 is 1.20 bits per heavy atom. The largest absolute Gasteiger partial charge is 0.496 e. The van der Waals surface area contributed by atoms with Crippen molar-refractivity contribution in [2.75, 3.05) is 12.0 Å². The van der Waals surface area contributed by atoms with Crippen molar-refractivity contribution in [1.82, 2.24) is 0 Å². The Labute approximate surface area is 170 Å². The molecule has 25 heavy (non-hydrogen) atoms. The van der Waals surface area contributed by atoms with Gasteiger partial charge in [0.1, 0.15) is 5.75 Å². The molecule has 2 aromatic carbocycles. The Morgan fingerprint density at radius 3 is 2.60 bits per heavy atom. The van der Waals surface area contributed by atoms with E-state index in [2.05, 4.69) is 28.7 Å². The fourth-order valence-corrected chi connectivity index (χ4v) is 4.70. The fraction of sp³-hybridized carbons (Fsp3) is 0.158. The summed E-state index contributed by atoms with van der Waals surface area (Å²) in [6, 6.07) is 11.8. The van der Waals surface area contributed by atoms with Crippen molar-refractivity contribution >= 4 is 68.6 Å². The molecule has 1 saturated heterocycles. The summed E-state index contributed by atoms with van der Waals surface area (Å²) in [4.78, 5) is 15.1. The van der Waals surface area contributed by atoms with Gasteiger partial charge in [0, 0.05) is 0 Å². The maximum atomic E-state index is 12.9. The molecule has 3 nitrogen and oxygen atoms in total. The number of amides is 1. The van der Waals surface area contributed by atoms with Crippen LogP contribution in [0.5, 0.6) is 5.75 Å². The SMILES string of the molecule is COc1ccc(/C=C2/SC(=S)N(c3ccc(C)cc3C)C2=O)cc1I. The van der Waals surface area contributed by atoms with Crippen molar-refractivity contribution in [2.45, 2.75) is 13.8 Å². The molecule has 1 aliphatic rings. The van der Waals surface area contributed by atoms with Gasteiger partial charge in [-0.1, -0.05) is 47.7 Å². The Kier molecular flexibility index (Phi) is 5.50. The minimum atomic E-state index is -0.0761. The molecule has 1 amide bonds. The number of halogens is 1. The first-order chi connectivity index (χ1) is 11.9. The van der Waals surface area contributed by atoms with Crippen molar-refractivity contribution in [3.8, 4) is 5.75 Å². The molecule has 0 atom stereocenters. The molecular weight excluding hydrogens is 465 g/mol. The summed E-state index contributed by atoms with van der Waals surface area (Å²) in [6.07, 6.45) is 1.88. The number of methoxy groups -OCH3 is 1. The summed E-state index contributed by atoms with van der Waals surface area (Å²) in [6.45, 7) is 4.03. The number of anilines is 1. The van der Waals surface area contributed by atoms with Gasteiger partial charge in [-0.2, -0.15) is 0 Å². The average Bonchev–Trinajstić information content (AvgIpc) is 2.82. The van der Waals surface area contributed by atoms with Crippen molar-refractivity contribution in [2.24, 2.45) is 0 Å². The van der Waals surface area contributed by atoms with Gasteiger partial charge in [-0.25, -0.2) is 0 Å². The minimum Gasteiger partial charge on any atom is -0.496 e. The molecule has 128 valence electrons. The van der Waals surface area contributed by atoms with Crippen molar-refractivity contribution < 1.29 is 9.53 Å². The van der Waals surface area contributed by atoms with E-state index in [1.807, 2.05) is 50.3 Å². The van der Waals surface area contributed by atoms with Gasteiger partial charge < -0.3 is 4.74 Å². The van der Waals surface area contributed by atoms with E-state index in [1.54, 1.807) is 12.0 Å². The van der Waals surface area contributed by atoms with E-state index < -0.39 is 0 Å². The van der Waals surface area contributed by atoms with Crippen LogP contribution < -0.4 is 9.64 Å². The molecular formula is C19H16INO2S2. The Bertz CT molecular complexity index is 908. The van der Waals surface area contributed by atoms with Crippen LogP contribution >= 0.6 is 46.6 Å². The highest BCUT2D eigenvalue weighted by molar-refractivity contribution is 14.1. The lowest BCUT2D eigenvalue weighted by Gasteiger charge is -2.17. The van der Waals surface area contributed by atoms with E-state index in [0.29, 0.717) is 9.23 Å². The van der Waals surface area contributed by atoms with E-state index in [0.717, 1.165) is 31.7 Å². The quantitative estimate of drug-likeness (QED) is 0.337. The number of hydrogen-bond acceptors (Lipinski definition) is 4. The highest BCUT2D eigenvalue weighted by atomic mass is 127. The van der Waals surface area contributed by atoms with Gasteiger partial charge in [0.15, 0.2) is 4.32 Å². The second-order valence-electron chi connectivity index (χ2n) is 5.70. The van der Waals surface area contributed by atoms with Crippen LogP contribution in [0.3, 0.4) is 0 Å². The summed E-state index contributed by atoms with van der Waals surface area (Å²) < 4.78 is 6.84. The lowest BCUT2D eigenvalue weighted by atomic mass is 10.1. The number of nitrogens with zero attached hydrogens (tertiary/aromatic N) is 1. The molecule has 1 heterocycles. The number of hydrogen-bond donors (Lipinski definition) is 0. The van der Waals surface area contributed by atoms with E-state index in [4.69, 9.17) is 17.0 Å². The average molecular weight is 481 g/mol. The number of thioether (sulfide) groups is 1. The molecule has 2 aromatic rings. The Hall–Kier alpha value is -1.38. The third-order valence-electron chi connectivity index (χ3n) is 3.86. The van der Waals surface area contributed by atoms with Crippen molar-refractivity contribution in [1.29, 1.82) is 0 Å². The maximum Gasteiger partial charge on any atom is 0.270 e. The van der Waals surface area contributed by atoms with E-state index >= 15 is 0 Å². The Morgan fingerprint density at radius 2 is 1.96 bits per heavy atom. The van der Waals surface area contributed by atoms with Gasteiger partial charge in [0.2, 0.25) is 0 Å². The molecule has 0 aliphatic carbocycles. The number of rotatable bonds is 3. The molecule has 0 bridgehead atoms. The standard InChI is InChI=1S/C19H16INO2S2/c1-11-4-6-15(12(2)8-11)21-18(22)17(25-19(21)24)10-13-5-7-16(23-3)14(20)9-13/h4-10H,1-3H3/b17-10+. The summed E-state index contributed by atoms with van der Waals surface area (Å²) in [7, 11) is 1.65. The summed E-state index contributed by atoms with van der Waals surface area (Å²) in [5, 5.41) is 0. The first-order valence-corrected chi connectivity index (χ1v) is 9.90. The van der Waals surface area contributed by atoms with Crippen LogP contribution in [-0.2, 0) is 4.79 Å². The number of carbonyl (C=O) groups excluding carboxylic acids is 1. The number of benzene rings is 2. The third kappa shape index (κ3) is 3.75. The third-order valence-corrected chi connectivity index (χ3v) is 6.01. The molecule has 0 radical (unpaired) electrons. The molecule has 1 fully saturated rings. The summed E-state index contributed by atoms with van der Waals surface area (Å²) >= 11 is 9.01. The molecule has 6 heteroatoms. The zero-order valence-corrected chi connectivity index (χ0v) is 17.8. The van der Waals surface area contributed by atoms with E-state index in [9.17, 15) is 4.79 Å². The smallest absolute Gasteiger partial charge is 0.270 e. The zero-order chi connectivity index (χ0) is 18.1. The highest BCUT2D eigenvalue weighted by Crippen LogP contribution is 2.37. The number of thiocarbonyl (C=S) groups is 1. The Balaban J connectivity index is 1.94. The second-order valence-corrected chi connectivity index (χ2v) is 8.54. The lowest BCUT2D eigenvalue weighted by Crippen LogP contribution is -2.28. The zero-order valence-electron chi connectivity index (χ0n) is 14.0. The van der Waals surface area contributed by atoms with Crippen LogP contribution in [0.25, 0.3) is 6.08 Å². The van der Waals surface area contributed by atoms with Gasteiger partial charge in [0.05, 0.1) is 21.3 Å². The highest BCUT2D eigenvalue weighted by Gasteiger charge is 2.34. The van der Waals surface area contributed by atoms with Crippen LogP contribution in [0.4, 0.5) is 5.69 Å². The normalized spacial score (nSPS) is 16.0. The molecule has 0 spiro atoms. The summed E-state index contributed by atoms with van der Waals surface area (Å²) in [5.74, 6) is 0.744. The van der Waals surface area contributed by atoms with Crippen molar-refractivity contribution in [3.05, 3.63) is 61.6 Å². The van der Waals surface area contributed by atoms with Crippen LogP contribution in [0.1, 0.15) is 16.7 Å². The van der Waals surface area contributed by atoms with Crippen LogP contribution in [-0.4, -0.2) is 17.3 Å². The first-order valence-electron chi connectivity index (χ1n) is 7.59. The molecule has 0 aromatic heterocycles. The van der Waals surface area contributed by atoms with Gasteiger partial charge in [-0.05, 0) is 71.8 Å². The molecule has 3 rings (SSSR count). The van der Waals surface area contributed by atoms with E-state index in [1.165, 1.54) is 11.8 Å². The van der Waals surface area contributed by atoms with Gasteiger partial charge in [0.25, 0.3) is 5.91 Å². The predicted octanol–water partition coefficient (Wildman–Crippen LogP) is 5.32. The maximum absolute atomic E-state index is 12.9.